The molecule has 0 saturated carbocycles. The zero-order chi connectivity index (χ0) is 31.6. The van der Waals surface area contributed by atoms with E-state index in [4.69, 9.17) is 4.74 Å². The SMILES string of the molecule is CC(O)C1=Cc2ccccc2OC1.CC(O)c1cnc2ccccc2c1.c1ccc2c(c1)cc1ccc3cccc4ccc2c1c34. The molecule has 4 heteroatoms. The lowest BCUT2D eigenvalue weighted by Gasteiger charge is -2.19. The summed E-state index contributed by atoms with van der Waals surface area (Å²) in [6.45, 7) is 3.99. The second kappa shape index (κ2) is 12.6. The summed E-state index contributed by atoms with van der Waals surface area (Å²) >= 11 is 0. The van der Waals surface area contributed by atoms with Crippen molar-refractivity contribution in [3.8, 4) is 5.75 Å². The summed E-state index contributed by atoms with van der Waals surface area (Å²) < 4.78 is 5.47. The molecule has 226 valence electrons. The number of hydrogen-bond acceptors (Lipinski definition) is 4. The molecule has 2 atom stereocenters. The molecule has 2 heterocycles. The maximum atomic E-state index is 9.35. The Morgan fingerprint density at radius 2 is 1.26 bits per heavy atom. The zero-order valence-electron chi connectivity index (χ0n) is 25.9. The summed E-state index contributed by atoms with van der Waals surface area (Å²) in [7, 11) is 0. The lowest BCUT2D eigenvalue weighted by Crippen LogP contribution is -2.16. The van der Waals surface area contributed by atoms with E-state index in [9.17, 15) is 10.2 Å². The van der Waals surface area contributed by atoms with E-state index in [0.29, 0.717) is 6.61 Å². The van der Waals surface area contributed by atoms with Crippen LogP contribution in [0.3, 0.4) is 0 Å². The highest BCUT2D eigenvalue weighted by Gasteiger charge is 2.13. The van der Waals surface area contributed by atoms with E-state index in [-0.39, 0.29) is 0 Å². The van der Waals surface area contributed by atoms with Crippen molar-refractivity contribution in [2.75, 3.05) is 6.61 Å². The molecule has 0 fully saturated rings. The molecule has 0 amide bonds. The molecule has 0 aliphatic carbocycles. The van der Waals surface area contributed by atoms with E-state index in [1.807, 2.05) is 60.7 Å². The molecule has 1 aromatic heterocycles. The molecule has 1 aliphatic heterocycles. The summed E-state index contributed by atoms with van der Waals surface area (Å²) in [5, 5.41) is 30.6. The number of nitrogens with zero attached hydrogens (tertiary/aromatic N) is 1. The molecular formula is C42H35NO3. The van der Waals surface area contributed by atoms with Gasteiger partial charge in [-0.15, -0.1) is 0 Å². The predicted octanol–water partition coefficient (Wildman–Crippen LogP) is 9.87. The van der Waals surface area contributed by atoms with Gasteiger partial charge in [-0.3, -0.25) is 4.98 Å². The monoisotopic (exact) mass is 601 g/mol. The standard InChI is InChI=1S/C20H12.C11H11NO.C11H12O2/c1-2-7-17-15(4-1)12-16-9-8-13-5-3-6-14-10-11-18(17)20(16)19(13)14;1-8(13)10-6-9-4-2-3-5-11(9)12-7-10;1-8(12)10-6-9-4-2-3-5-11(9)13-7-10/h1-12H;2-8,13H,1H3;2-6,8,12H,7H2,1H3. The number of aromatic nitrogens is 1. The maximum absolute atomic E-state index is 9.35. The number of aliphatic hydroxyl groups excluding tert-OH is 2. The third kappa shape index (κ3) is 5.77. The van der Waals surface area contributed by atoms with Crippen LogP contribution in [0, 0.1) is 0 Å². The Kier molecular flexibility index (Phi) is 8.06. The molecule has 46 heavy (non-hydrogen) atoms. The van der Waals surface area contributed by atoms with Crippen LogP contribution in [0.1, 0.15) is 31.1 Å². The van der Waals surface area contributed by atoms with Crippen molar-refractivity contribution in [1.29, 1.82) is 0 Å². The number of aliphatic hydroxyl groups is 2. The lowest BCUT2D eigenvalue weighted by atomic mass is 9.91. The van der Waals surface area contributed by atoms with Crippen molar-refractivity contribution in [3.63, 3.8) is 0 Å². The van der Waals surface area contributed by atoms with Crippen LogP contribution in [0.2, 0.25) is 0 Å². The first-order valence-electron chi connectivity index (χ1n) is 15.6. The second-order valence-corrected chi connectivity index (χ2v) is 11.8. The summed E-state index contributed by atoms with van der Waals surface area (Å²) in [4.78, 5) is 4.24. The van der Waals surface area contributed by atoms with E-state index >= 15 is 0 Å². The quantitative estimate of drug-likeness (QED) is 0.153. The average Bonchev–Trinajstić information content (AvgIpc) is 3.10. The number of rotatable bonds is 2. The molecular weight excluding hydrogens is 566 g/mol. The zero-order valence-corrected chi connectivity index (χ0v) is 25.9. The molecule has 9 rings (SSSR count). The minimum Gasteiger partial charge on any atom is -0.489 e. The first-order valence-corrected chi connectivity index (χ1v) is 15.6. The van der Waals surface area contributed by atoms with E-state index in [1.54, 1.807) is 20.0 Å². The third-order valence-electron chi connectivity index (χ3n) is 8.66. The van der Waals surface area contributed by atoms with Crippen molar-refractivity contribution in [1.82, 2.24) is 4.98 Å². The van der Waals surface area contributed by atoms with Gasteiger partial charge in [-0.1, -0.05) is 103 Å². The van der Waals surface area contributed by atoms with Crippen molar-refractivity contribution < 1.29 is 14.9 Å². The molecule has 0 saturated heterocycles. The van der Waals surface area contributed by atoms with Gasteiger partial charge in [-0.2, -0.15) is 0 Å². The van der Waals surface area contributed by atoms with E-state index in [2.05, 4.69) is 77.8 Å². The molecule has 0 bridgehead atoms. The summed E-state index contributed by atoms with van der Waals surface area (Å²) in [6.07, 6.45) is 2.83. The van der Waals surface area contributed by atoms with Crippen LogP contribution in [0.4, 0.5) is 0 Å². The van der Waals surface area contributed by atoms with Crippen molar-refractivity contribution in [2.24, 2.45) is 0 Å². The lowest BCUT2D eigenvalue weighted by molar-refractivity contribution is 0.199. The minimum atomic E-state index is -0.447. The summed E-state index contributed by atoms with van der Waals surface area (Å²) in [5.74, 6) is 0.895. The van der Waals surface area contributed by atoms with Crippen LogP contribution in [0.25, 0.3) is 60.1 Å². The molecule has 0 spiro atoms. The van der Waals surface area contributed by atoms with Gasteiger partial charge in [0.2, 0.25) is 0 Å². The molecule has 8 aromatic rings. The Morgan fingerprint density at radius 3 is 2.07 bits per heavy atom. The summed E-state index contributed by atoms with van der Waals surface area (Å²) in [6, 6.07) is 44.2. The van der Waals surface area contributed by atoms with E-state index in [1.165, 1.54) is 43.1 Å². The van der Waals surface area contributed by atoms with Crippen molar-refractivity contribution in [3.05, 3.63) is 150 Å². The number of fused-ring (bicyclic) bond motifs is 4. The minimum absolute atomic E-state index is 0.423. The third-order valence-corrected chi connectivity index (χ3v) is 8.66. The molecule has 2 unspecified atom stereocenters. The van der Waals surface area contributed by atoms with Crippen molar-refractivity contribution in [2.45, 2.75) is 26.1 Å². The molecule has 7 aromatic carbocycles. The highest BCUT2D eigenvalue weighted by molar-refractivity contribution is 6.28. The van der Waals surface area contributed by atoms with Crippen LogP contribution < -0.4 is 4.74 Å². The first-order chi connectivity index (χ1) is 22.5. The fourth-order valence-corrected chi connectivity index (χ4v) is 6.18. The van der Waals surface area contributed by atoms with Gasteiger partial charge in [0.25, 0.3) is 0 Å². The van der Waals surface area contributed by atoms with Crippen LogP contribution in [0.15, 0.2) is 139 Å². The Morgan fingerprint density at radius 1 is 0.587 bits per heavy atom. The van der Waals surface area contributed by atoms with Crippen molar-refractivity contribution >= 4 is 60.1 Å². The topological polar surface area (TPSA) is 62.6 Å². The Hall–Kier alpha value is -5.29. The van der Waals surface area contributed by atoms with Gasteiger partial charge in [-0.05, 0) is 98.4 Å². The average molecular weight is 602 g/mol. The molecule has 1 aliphatic rings. The Bertz CT molecular complexity index is 2320. The number of hydrogen-bond donors (Lipinski definition) is 2. The van der Waals surface area contributed by atoms with Gasteiger partial charge in [0.15, 0.2) is 0 Å². The highest BCUT2D eigenvalue weighted by Crippen LogP contribution is 2.38. The molecule has 0 radical (unpaired) electrons. The van der Waals surface area contributed by atoms with Gasteiger partial charge in [0, 0.05) is 17.1 Å². The number of pyridine rings is 1. The smallest absolute Gasteiger partial charge is 0.127 e. The largest absolute Gasteiger partial charge is 0.489 e. The predicted molar refractivity (Wildman–Crippen MR) is 192 cm³/mol. The van der Waals surface area contributed by atoms with E-state index < -0.39 is 12.2 Å². The van der Waals surface area contributed by atoms with Gasteiger partial charge in [0.05, 0.1) is 17.7 Å². The fourth-order valence-electron chi connectivity index (χ4n) is 6.18. The highest BCUT2D eigenvalue weighted by atomic mass is 16.5. The molecule has 2 N–H and O–H groups in total. The van der Waals surface area contributed by atoms with E-state index in [0.717, 1.165) is 33.4 Å². The Labute approximate surface area is 268 Å². The summed E-state index contributed by atoms with van der Waals surface area (Å²) in [5.41, 5.74) is 3.80. The number of ether oxygens (including phenoxy) is 1. The van der Waals surface area contributed by atoms with Crippen LogP contribution >= 0.6 is 0 Å². The maximum Gasteiger partial charge on any atom is 0.127 e. The van der Waals surface area contributed by atoms with Crippen LogP contribution in [-0.4, -0.2) is 27.9 Å². The number of benzene rings is 7. The Balaban J connectivity index is 0.000000115. The molecule has 4 nitrogen and oxygen atoms in total. The van der Waals surface area contributed by atoms with Gasteiger partial charge >= 0.3 is 0 Å². The first kappa shape index (κ1) is 29.4. The van der Waals surface area contributed by atoms with Gasteiger partial charge < -0.3 is 14.9 Å². The van der Waals surface area contributed by atoms with Gasteiger partial charge in [-0.25, -0.2) is 0 Å². The fraction of sp³-hybridized carbons (Fsp3) is 0.119. The van der Waals surface area contributed by atoms with Gasteiger partial charge in [0.1, 0.15) is 12.4 Å². The van der Waals surface area contributed by atoms with Crippen LogP contribution in [0.5, 0.6) is 5.75 Å². The second-order valence-electron chi connectivity index (χ2n) is 11.8. The normalized spacial score (nSPS) is 13.7. The van der Waals surface area contributed by atoms with Crippen LogP contribution in [-0.2, 0) is 0 Å². The number of para-hydroxylation sites is 2.